The number of Topliss-reactive ketones (excluding diaryl/α,β-unsaturated/α-hetero) is 1. The second-order valence-corrected chi connectivity index (χ2v) is 3.81. The van der Waals surface area contributed by atoms with Crippen molar-refractivity contribution in [3.63, 3.8) is 0 Å². The fraction of sp³-hybridized carbons (Fsp3) is 0.308. The Morgan fingerprint density at radius 2 is 1.50 bits per heavy atom. The molecule has 0 fully saturated rings. The van der Waals surface area contributed by atoms with E-state index >= 15 is 0 Å². The van der Waals surface area contributed by atoms with Crippen molar-refractivity contribution in [2.24, 2.45) is 0 Å². The molecule has 96 valence electrons. The first-order valence-corrected chi connectivity index (χ1v) is 5.34. The maximum Gasteiger partial charge on any atom is 0.308 e. The highest BCUT2D eigenvalue weighted by Gasteiger charge is 2.17. The Morgan fingerprint density at radius 3 is 1.94 bits per heavy atom. The lowest BCUT2D eigenvalue weighted by atomic mass is 10.1. The van der Waals surface area contributed by atoms with E-state index in [0.717, 1.165) is 0 Å². The maximum absolute atomic E-state index is 11.4. The van der Waals surface area contributed by atoms with E-state index in [1.54, 1.807) is 6.92 Å². The Balaban J connectivity index is 3.34. The molecule has 5 nitrogen and oxygen atoms in total. The van der Waals surface area contributed by atoms with E-state index < -0.39 is 11.9 Å². The SMILES string of the molecule is CC(=O)Oc1ccc(C(C)=O)c(OC(C)=O)c1C. The largest absolute Gasteiger partial charge is 0.426 e. The molecule has 0 aromatic heterocycles. The van der Waals surface area contributed by atoms with Crippen LogP contribution in [0.2, 0.25) is 0 Å². The van der Waals surface area contributed by atoms with Crippen LogP contribution < -0.4 is 9.47 Å². The van der Waals surface area contributed by atoms with Gasteiger partial charge in [-0.15, -0.1) is 0 Å². The van der Waals surface area contributed by atoms with Crippen molar-refractivity contribution in [1.82, 2.24) is 0 Å². The van der Waals surface area contributed by atoms with Gasteiger partial charge in [0.25, 0.3) is 0 Å². The predicted molar refractivity (Wildman–Crippen MR) is 63.8 cm³/mol. The van der Waals surface area contributed by atoms with Gasteiger partial charge in [0.1, 0.15) is 11.5 Å². The average Bonchev–Trinajstić information content (AvgIpc) is 2.22. The summed E-state index contributed by atoms with van der Waals surface area (Å²) >= 11 is 0. The van der Waals surface area contributed by atoms with Crippen LogP contribution >= 0.6 is 0 Å². The van der Waals surface area contributed by atoms with Gasteiger partial charge in [0, 0.05) is 19.4 Å². The van der Waals surface area contributed by atoms with E-state index in [0.29, 0.717) is 5.56 Å². The van der Waals surface area contributed by atoms with Crippen LogP contribution in [0.1, 0.15) is 36.7 Å². The molecule has 1 aromatic rings. The van der Waals surface area contributed by atoms with Crippen molar-refractivity contribution in [3.05, 3.63) is 23.3 Å². The van der Waals surface area contributed by atoms with Crippen LogP contribution in [0.15, 0.2) is 12.1 Å². The molecule has 0 radical (unpaired) electrons. The van der Waals surface area contributed by atoms with Crippen molar-refractivity contribution >= 4 is 17.7 Å². The molecule has 18 heavy (non-hydrogen) atoms. The van der Waals surface area contributed by atoms with E-state index in [9.17, 15) is 14.4 Å². The molecule has 0 spiro atoms. The number of benzene rings is 1. The Hall–Kier alpha value is -2.17. The van der Waals surface area contributed by atoms with Crippen molar-refractivity contribution in [1.29, 1.82) is 0 Å². The van der Waals surface area contributed by atoms with Crippen LogP contribution in [-0.4, -0.2) is 17.7 Å². The monoisotopic (exact) mass is 250 g/mol. The predicted octanol–water partition coefficient (Wildman–Crippen LogP) is 2.05. The summed E-state index contributed by atoms with van der Waals surface area (Å²) < 4.78 is 9.97. The van der Waals surface area contributed by atoms with Crippen LogP contribution in [0.5, 0.6) is 11.5 Å². The molecule has 0 heterocycles. The fourth-order valence-electron chi connectivity index (χ4n) is 1.49. The summed E-state index contributed by atoms with van der Waals surface area (Å²) in [4.78, 5) is 33.4. The Bertz CT molecular complexity index is 516. The molecular formula is C13H14O5. The van der Waals surface area contributed by atoms with Crippen molar-refractivity contribution in [3.8, 4) is 11.5 Å². The van der Waals surface area contributed by atoms with Crippen molar-refractivity contribution in [2.45, 2.75) is 27.7 Å². The van der Waals surface area contributed by atoms with Gasteiger partial charge in [0.15, 0.2) is 5.78 Å². The second kappa shape index (κ2) is 5.44. The lowest BCUT2D eigenvalue weighted by Crippen LogP contribution is -2.10. The first-order valence-electron chi connectivity index (χ1n) is 5.34. The van der Waals surface area contributed by atoms with Gasteiger partial charge >= 0.3 is 11.9 Å². The summed E-state index contributed by atoms with van der Waals surface area (Å²) in [6.45, 7) is 5.49. The van der Waals surface area contributed by atoms with E-state index in [1.165, 1.54) is 32.9 Å². The van der Waals surface area contributed by atoms with Crippen molar-refractivity contribution in [2.75, 3.05) is 0 Å². The first kappa shape index (κ1) is 13.9. The Morgan fingerprint density at radius 1 is 0.944 bits per heavy atom. The zero-order valence-electron chi connectivity index (χ0n) is 10.7. The molecule has 0 saturated heterocycles. The smallest absolute Gasteiger partial charge is 0.308 e. The molecule has 0 bridgehead atoms. The zero-order chi connectivity index (χ0) is 13.9. The van der Waals surface area contributed by atoms with Crippen LogP contribution in [0, 0.1) is 6.92 Å². The highest BCUT2D eigenvalue weighted by atomic mass is 16.5. The number of esters is 2. The molecule has 0 aliphatic rings. The lowest BCUT2D eigenvalue weighted by molar-refractivity contribution is -0.132. The number of ether oxygens (including phenoxy) is 2. The quantitative estimate of drug-likeness (QED) is 0.466. The summed E-state index contributed by atoms with van der Waals surface area (Å²) in [6.07, 6.45) is 0. The molecule has 5 heteroatoms. The third-order valence-corrected chi connectivity index (χ3v) is 2.23. The standard InChI is InChI=1S/C13H14O5/c1-7-12(17-9(3)15)6-5-11(8(2)14)13(7)18-10(4)16/h5-6H,1-4H3. The normalized spacial score (nSPS) is 9.78. The van der Waals surface area contributed by atoms with Crippen LogP contribution in [0.25, 0.3) is 0 Å². The fourth-order valence-corrected chi connectivity index (χ4v) is 1.49. The molecule has 0 atom stereocenters. The number of carbonyl (C=O) groups excluding carboxylic acids is 3. The summed E-state index contributed by atoms with van der Waals surface area (Å²) in [5, 5.41) is 0. The third kappa shape index (κ3) is 3.16. The molecule has 0 unspecified atom stereocenters. The van der Waals surface area contributed by atoms with Gasteiger partial charge in [-0.2, -0.15) is 0 Å². The van der Waals surface area contributed by atoms with E-state index in [1.807, 2.05) is 0 Å². The van der Waals surface area contributed by atoms with E-state index in [2.05, 4.69) is 0 Å². The van der Waals surface area contributed by atoms with Gasteiger partial charge in [0.2, 0.25) is 0 Å². The van der Waals surface area contributed by atoms with Crippen molar-refractivity contribution < 1.29 is 23.9 Å². The maximum atomic E-state index is 11.4. The summed E-state index contributed by atoms with van der Waals surface area (Å²) in [7, 11) is 0. The van der Waals surface area contributed by atoms with Gasteiger partial charge in [-0.1, -0.05) is 0 Å². The number of ketones is 1. The number of hydrogen-bond acceptors (Lipinski definition) is 5. The van der Waals surface area contributed by atoms with Crippen LogP contribution in [-0.2, 0) is 9.59 Å². The molecule has 0 aliphatic heterocycles. The minimum atomic E-state index is -0.541. The molecule has 0 aliphatic carbocycles. The third-order valence-electron chi connectivity index (χ3n) is 2.23. The van der Waals surface area contributed by atoms with E-state index in [4.69, 9.17) is 9.47 Å². The number of carbonyl (C=O) groups is 3. The zero-order valence-corrected chi connectivity index (χ0v) is 10.7. The van der Waals surface area contributed by atoms with Gasteiger partial charge < -0.3 is 9.47 Å². The topological polar surface area (TPSA) is 69.7 Å². The van der Waals surface area contributed by atoms with Gasteiger partial charge in [-0.3, -0.25) is 14.4 Å². The lowest BCUT2D eigenvalue weighted by Gasteiger charge is -2.13. The number of hydrogen-bond donors (Lipinski definition) is 0. The molecule has 0 amide bonds. The minimum Gasteiger partial charge on any atom is -0.426 e. The molecule has 1 rings (SSSR count). The summed E-state index contributed by atoms with van der Waals surface area (Å²) in [5.41, 5.74) is 0.715. The van der Waals surface area contributed by atoms with E-state index in [-0.39, 0.29) is 22.8 Å². The van der Waals surface area contributed by atoms with Crippen LogP contribution in [0.4, 0.5) is 0 Å². The highest BCUT2D eigenvalue weighted by molar-refractivity contribution is 5.98. The van der Waals surface area contributed by atoms with Gasteiger partial charge in [-0.05, 0) is 26.0 Å². The minimum absolute atomic E-state index is 0.133. The average molecular weight is 250 g/mol. The molecule has 0 N–H and O–H groups in total. The van der Waals surface area contributed by atoms with Gasteiger partial charge in [0.05, 0.1) is 5.56 Å². The Kier molecular flexibility index (Phi) is 4.20. The molecule has 0 saturated carbocycles. The molecule has 1 aromatic carbocycles. The highest BCUT2D eigenvalue weighted by Crippen LogP contribution is 2.32. The summed E-state index contributed by atoms with van der Waals surface area (Å²) in [6, 6.07) is 2.96. The summed E-state index contributed by atoms with van der Waals surface area (Å²) in [5.74, 6) is -0.857. The first-order chi connectivity index (χ1) is 8.32. The Labute approximate surface area is 105 Å². The second-order valence-electron chi connectivity index (χ2n) is 3.81. The number of rotatable bonds is 3. The molecular weight excluding hydrogens is 236 g/mol. The van der Waals surface area contributed by atoms with Crippen LogP contribution in [0.3, 0.4) is 0 Å². The van der Waals surface area contributed by atoms with Gasteiger partial charge in [-0.25, -0.2) is 0 Å².